The van der Waals surface area contributed by atoms with Gasteiger partial charge in [0.1, 0.15) is 0 Å². The molecule has 1 rings (SSSR count). The lowest BCUT2D eigenvalue weighted by Crippen LogP contribution is -2.47. The first-order valence-corrected chi connectivity index (χ1v) is 5.40. The van der Waals surface area contributed by atoms with Crippen LogP contribution < -0.4 is 0 Å². The Labute approximate surface area is 97.2 Å². The fraction of sp³-hybridized carbons (Fsp3) is 0.900. The van der Waals surface area contributed by atoms with E-state index in [0.717, 1.165) is 31.5 Å². The molecule has 0 amide bonds. The average Bonchev–Trinajstić information content (AvgIpc) is 2.30. The van der Waals surface area contributed by atoms with Crippen molar-refractivity contribution in [2.45, 2.75) is 32.1 Å². The quantitative estimate of drug-likeness (QED) is 0.724. The SMILES string of the molecule is CO.COC1OCCCC1N(C)C(C)=S. The molecule has 2 atom stereocenters. The first-order chi connectivity index (χ1) is 7.16. The number of likely N-dealkylation sites (N-methyl/N-ethyl adjacent to an activating group) is 1. The van der Waals surface area contributed by atoms with Crippen LogP contribution in [0.5, 0.6) is 0 Å². The molecule has 0 aromatic rings. The summed E-state index contributed by atoms with van der Waals surface area (Å²) in [7, 11) is 4.67. The molecule has 0 bridgehead atoms. The number of rotatable bonds is 2. The number of aliphatic hydroxyl groups excluding tert-OH is 1. The molecule has 90 valence electrons. The van der Waals surface area contributed by atoms with Crippen molar-refractivity contribution < 1.29 is 14.6 Å². The first kappa shape index (κ1) is 14.8. The molecule has 4 nitrogen and oxygen atoms in total. The second-order valence-corrected chi connectivity index (χ2v) is 3.91. The van der Waals surface area contributed by atoms with E-state index in [1.807, 2.05) is 14.0 Å². The van der Waals surface area contributed by atoms with Crippen LogP contribution in [0.25, 0.3) is 0 Å². The van der Waals surface area contributed by atoms with Gasteiger partial charge in [0.25, 0.3) is 0 Å². The number of aliphatic hydroxyl groups is 1. The molecule has 0 aliphatic carbocycles. The summed E-state index contributed by atoms with van der Waals surface area (Å²) in [6, 6.07) is 0.274. The Morgan fingerprint density at radius 1 is 1.53 bits per heavy atom. The minimum atomic E-state index is -0.128. The van der Waals surface area contributed by atoms with Crippen LogP contribution in [0.2, 0.25) is 0 Å². The zero-order valence-electron chi connectivity index (χ0n) is 9.90. The fourth-order valence-electron chi connectivity index (χ4n) is 1.57. The second-order valence-electron chi connectivity index (χ2n) is 3.31. The highest BCUT2D eigenvalue weighted by atomic mass is 32.1. The molecule has 0 radical (unpaired) electrons. The fourth-order valence-corrected chi connectivity index (χ4v) is 1.71. The third kappa shape index (κ3) is 4.42. The zero-order chi connectivity index (χ0) is 11.8. The van der Waals surface area contributed by atoms with E-state index in [1.165, 1.54) is 0 Å². The van der Waals surface area contributed by atoms with Gasteiger partial charge >= 0.3 is 0 Å². The number of ether oxygens (including phenoxy) is 2. The summed E-state index contributed by atoms with van der Waals surface area (Å²) in [5.41, 5.74) is 0. The minimum absolute atomic E-state index is 0.128. The monoisotopic (exact) mass is 235 g/mol. The largest absolute Gasteiger partial charge is 0.400 e. The summed E-state index contributed by atoms with van der Waals surface area (Å²) >= 11 is 5.11. The van der Waals surface area contributed by atoms with Crippen LogP contribution >= 0.6 is 12.2 Å². The lowest BCUT2D eigenvalue weighted by atomic mass is 10.1. The van der Waals surface area contributed by atoms with Gasteiger partial charge in [-0.2, -0.15) is 0 Å². The van der Waals surface area contributed by atoms with Gasteiger partial charge in [-0.3, -0.25) is 0 Å². The van der Waals surface area contributed by atoms with E-state index in [2.05, 4.69) is 4.90 Å². The van der Waals surface area contributed by atoms with E-state index in [4.69, 9.17) is 26.8 Å². The summed E-state index contributed by atoms with van der Waals surface area (Å²) in [5.74, 6) is 0. The van der Waals surface area contributed by atoms with E-state index < -0.39 is 0 Å². The summed E-state index contributed by atoms with van der Waals surface area (Å²) in [4.78, 5) is 2.94. The van der Waals surface area contributed by atoms with Crippen LogP contribution in [0.3, 0.4) is 0 Å². The van der Waals surface area contributed by atoms with Crippen LogP contribution in [0.4, 0.5) is 0 Å². The normalized spacial score (nSPS) is 25.1. The molecule has 1 aliphatic heterocycles. The predicted octanol–water partition coefficient (Wildman–Crippen LogP) is 1.03. The lowest BCUT2D eigenvalue weighted by Gasteiger charge is -2.37. The van der Waals surface area contributed by atoms with Crippen molar-refractivity contribution in [3.8, 4) is 0 Å². The van der Waals surface area contributed by atoms with E-state index in [0.29, 0.717) is 0 Å². The van der Waals surface area contributed by atoms with Gasteiger partial charge in [0.2, 0.25) is 0 Å². The Morgan fingerprint density at radius 3 is 2.60 bits per heavy atom. The second kappa shape index (κ2) is 7.98. The van der Waals surface area contributed by atoms with Crippen LogP contribution in [-0.2, 0) is 9.47 Å². The van der Waals surface area contributed by atoms with Crippen LogP contribution in [0.15, 0.2) is 0 Å². The molecule has 0 saturated carbocycles. The molecular formula is C10H21NO3S. The van der Waals surface area contributed by atoms with Gasteiger partial charge in [0, 0.05) is 27.9 Å². The van der Waals surface area contributed by atoms with E-state index in [-0.39, 0.29) is 12.3 Å². The highest BCUT2D eigenvalue weighted by Crippen LogP contribution is 2.19. The molecule has 15 heavy (non-hydrogen) atoms. The highest BCUT2D eigenvalue weighted by Gasteiger charge is 2.29. The van der Waals surface area contributed by atoms with E-state index >= 15 is 0 Å². The molecule has 1 aliphatic rings. The number of methoxy groups -OCH3 is 1. The maximum absolute atomic E-state index is 7.00. The summed E-state index contributed by atoms with van der Waals surface area (Å²) < 4.78 is 10.7. The van der Waals surface area contributed by atoms with Crippen molar-refractivity contribution >= 4 is 17.2 Å². The first-order valence-electron chi connectivity index (χ1n) is 4.99. The summed E-state index contributed by atoms with van der Waals surface area (Å²) in [5, 5.41) is 7.00. The van der Waals surface area contributed by atoms with Gasteiger partial charge < -0.3 is 19.5 Å². The third-order valence-corrected chi connectivity index (χ3v) is 2.75. The van der Waals surface area contributed by atoms with Gasteiger partial charge in [-0.05, 0) is 19.8 Å². The molecule has 0 aromatic carbocycles. The van der Waals surface area contributed by atoms with Crippen molar-refractivity contribution in [2.75, 3.05) is 27.9 Å². The molecular weight excluding hydrogens is 214 g/mol. The Kier molecular flexibility index (Phi) is 7.86. The third-order valence-electron chi connectivity index (χ3n) is 2.47. The Balaban J connectivity index is 0.000000921. The predicted molar refractivity (Wildman–Crippen MR) is 63.9 cm³/mol. The number of nitrogens with zero attached hydrogens (tertiary/aromatic N) is 1. The van der Waals surface area contributed by atoms with Crippen molar-refractivity contribution in [1.29, 1.82) is 0 Å². The molecule has 1 heterocycles. The molecule has 0 aromatic heterocycles. The summed E-state index contributed by atoms with van der Waals surface area (Å²) in [6.45, 7) is 2.72. The molecule has 0 spiro atoms. The topological polar surface area (TPSA) is 41.9 Å². The van der Waals surface area contributed by atoms with Crippen LogP contribution in [0.1, 0.15) is 19.8 Å². The van der Waals surface area contributed by atoms with Crippen molar-refractivity contribution in [3.05, 3.63) is 0 Å². The van der Waals surface area contributed by atoms with Crippen LogP contribution in [-0.4, -0.2) is 55.2 Å². The van der Waals surface area contributed by atoms with Crippen LogP contribution in [0, 0.1) is 0 Å². The smallest absolute Gasteiger partial charge is 0.177 e. The van der Waals surface area contributed by atoms with Crippen molar-refractivity contribution in [1.82, 2.24) is 4.90 Å². The standard InChI is InChI=1S/C9H17NO2S.CH4O/c1-7(13)10(2)8-5-4-6-12-9(8)11-3;1-2/h8-9H,4-6H2,1-3H3;2H,1H3. The summed E-state index contributed by atoms with van der Waals surface area (Å²) in [6.07, 6.45) is 2.04. The number of hydrogen-bond donors (Lipinski definition) is 1. The molecule has 5 heteroatoms. The highest BCUT2D eigenvalue weighted by molar-refractivity contribution is 7.80. The van der Waals surface area contributed by atoms with Gasteiger partial charge in [0.05, 0.1) is 11.0 Å². The Bertz CT molecular complexity index is 190. The molecule has 1 fully saturated rings. The van der Waals surface area contributed by atoms with Gasteiger partial charge in [-0.25, -0.2) is 0 Å². The van der Waals surface area contributed by atoms with Crippen molar-refractivity contribution in [3.63, 3.8) is 0 Å². The Morgan fingerprint density at radius 2 is 2.13 bits per heavy atom. The van der Waals surface area contributed by atoms with E-state index in [1.54, 1.807) is 7.11 Å². The van der Waals surface area contributed by atoms with Gasteiger partial charge in [-0.15, -0.1) is 0 Å². The number of hydrogen-bond acceptors (Lipinski definition) is 4. The number of thiocarbonyl (C=S) groups is 1. The minimum Gasteiger partial charge on any atom is -0.400 e. The molecule has 2 unspecified atom stereocenters. The average molecular weight is 235 g/mol. The van der Waals surface area contributed by atoms with Crippen molar-refractivity contribution in [2.24, 2.45) is 0 Å². The molecule has 1 saturated heterocycles. The lowest BCUT2D eigenvalue weighted by molar-refractivity contribution is -0.174. The molecule has 1 N–H and O–H groups in total. The van der Waals surface area contributed by atoms with Gasteiger partial charge in [-0.1, -0.05) is 12.2 Å². The van der Waals surface area contributed by atoms with Gasteiger partial charge in [0.15, 0.2) is 6.29 Å². The maximum atomic E-state index is 7.00. The maximum Gasteiger partial charge on any atom is 0.177 e. The van der Waals surface area contributed by atoms with E-state index in [9.17, 15) is 0 Å². The Hall–Kier alpha value is -0.230. The zero-order valence-corrected chi connectivity index (χ0v) is 10.7.